The van der Waals surface area contributed by atoms with Crippen LogP contribution in [-0.4, -0.2) is 18.2 Å². The fraction of sp³-hybridized carbons (Fsp3) is 0.158. The topological polar surface area (TPSA) is 59.3 Å². The van der Waals surface area contributed by atoms with E-state index in [0.717, 1.165) is 12.2 Å². The monoisotopic (exact) mass is 339 g/mol. The van der Waals surface area contributed by atoms with Crippen LogP contribution in [-0.2, 0) is 0 Å². The summed E-state index contributed by atoms with van der Waals surface area (Å²) in [7, 11) is 0. The first-order valence-electron chi connectivity index (χ1n) is 7.73. The second-order valence-corrected chi connectivity index (χ2v) is 6.41. The van der Waals surface area contributed by atoms with Crippen molar-refractivity contribution in [2.45, 2.75) is 11.3 Å². The standard InChI is InChI=1S/C19H17NO3S/c21-16-13-18(23-17-10-5-4-9-15(16)17)19(22)20-11-6-12-24-14-7-2-1-3-8-14/h1-5,7-10,13H,6,11-12H2,(H,20,22). The molecular formula is C19H17NO3S. The van der Waals surface area contributed by atoms with Crippen molar-refractivity contribution in [2.24, 2.45) is 0 Å². The van der Waals surface area contributed by atoms with E-state index in [1.165, 1.54) is 11.0 Å². The highest BCUT2D eigenvalue weighted by molar-refractivity contribution is 7.99. The summed E-state index contributed by atoms with van der Waals surface area (Å²) in [6.45, 7) is 0.537. The zero-order chi connectivity index (χ0) is 16.8. The van der Waals surface area contributed by atoms with Gasteiger partial charge in [-0.05, 0) is 36.4 Å². The molecule has 0 bridgehead atoms. The van der Waals surface area contributed by atoms with Crippen molar-refractivity contribution in [2.75, 3.05) is 12.3 Å². The molecule has 3 aromatic rings. The van der Waals surface area contributed by atoms with Crippen LogP contribution in [0.2, 0.25) is 0 Å². The maximum atomic E-state index is 12.1. The average molecular weight is 339 g/mol. The second-order valence-electron chi connectivity index (χ2n) is 5.24. The summed E-state index contributed by atoms with van der Waals surface area (Å²) in [5, 5.41) is 3.27. The number of amides is 1. The molecule has 4 nitrogen and oxygen atoms in total. The zero-order valence-corrected chi connectivity index (χ0v) is 13.8. The maximum Gasteiger partial charge on any atom is 0.287 e. The molecule has 5 heteroatoms. The van der Waals surface area contributed by atoms with E-state index >= 15 is 0 Å². The van der Waals surface area contributed by atoms with E-state index in [-0.39, 0.29) is 17.1 Å². The van der Waals surface area contributed by atoms with Crippen LogP contribution in [0.3, 0.4) is 0 Å². The van der Waals surface area contributed by atoms with Crippen LogP contribution in [0.1, 0.15) is 17.0 Å². The van der Waals surface area contributed by atoms with Gasteiger partial charge in [-0.3, -0.25) is 9.59 Å². The van der Waals surface area contributed by atoms with Crippen molar-refractivity contribution in [1.82, 2.24) is 5.32 Å². The van der Waals surface area contributed by atoms with Crippen molar-refractivity contribution < 1.29 is 9.21 Å². The number of nitrogens with one attached hydrogen (secondary N) is 1. The van der Waals surface area contributed by atoms with Gasteiger partial charge in [-0.15, -0.1) is 11.8 Å². The molecule has 1 aromatic heterocycles. The summed E-state index contributed by atoms with van der Waals surface area (Å²) < 4.78 is 5.51. The van der Waals surface area contributed by atoms with Gasteiger partial charge in [0.25, 0.3) is 5.91 Å². The Bertz CT molecular complexity index is 890. The highest BCUT2D eigenvalue weighted by atomic mass is 32.2. The van der Waals surface area contributed by atoms with Gasteiger partial charge in [-0.2, -0.15) is 0 Å². The van der Waals surface area contributed by atoms with Crippen molar-refractivity contribution >= 4 is 28.6 Å². The Morgan fingerprint density at radius 2 is 1.79 bits per heavy atom. The number of carbonyl (C=O) groups excluding carboxylic acids is 1. The van der Waals surface area contributed by atoms with Crippen LogP contribution >= 0.6 is 11.8 Å². The minimum atomic E-state index is -0.359. The molecule has 24 heavy (non-hydrogen) atoms. The smallest absolute Gasteiger partial charge is 0.287 e. The molecule has 0 atom stereocenters. The van der Waals surface area contributed by atoms with Gasteiger partial charge >= 0.3 is 0 Å². The lowest BCUT2D eigenvalue weighted by molar-refractivity contribution is 0.0926. The summed E-state index contributed by atoms with van der Waals surface area (Å²) in [5.41, 5.74) is 0.219. The van der Waals surface area contributed by atoms with Crippen LogP contribution in [0.5, 0.6) is 0 Å². The highest BCUT2D eigenvalue weighted by Crippen LogP contribution is 2.17. The van der Waals surface area contributed by atoms with Crippen LogP contribution in [0.4, 0.5) is 0 Å². The average Bonchev–Trinajstić information content (AvgIpc) is 2.62. The van der Waals surface area contributed by atoms with Gasteiger partial charge < -0.3 is 9.73 Å². The molecule has 0 radical (unpaired) electrons. The molecular weight excluding hydrogens is 322 g/mol. The summed E-state index contributed by atoms with van der Waals surface area (Å²) >= 11 is 1.75. The summed E-state index contributed by atoms with van der Waals surface area (Å²) in [6, 6.07) is 18.3. The van der Waals surface area contributed by atoms with E-state index in [0.29, 0.717) is 17.5 Å². The van der Waals surface area contributed by atoms with Gasteiger partial charge in [0, 0.05) is 17.5 Å². The Morgan fingerprint density at radius 1 is 1.04 bits per heavy atom. The molecule has 0 aliphatic carbocycles. The predicted molar refractivity (Wildman–Crippen MR) is 96.6 cm³/mol. The van der Waals surface area contributed by atoms with Crippen molar-refractivity contribution in [3.63, 3.8) is 0 Å². The van der Waals surface area contributed by atoms with E-state index in [4.69, 9.17) is 4.42 Å². The van der Waals surface area contributed by atoms with Gasteiger partial charge in [0.2, 0.25) is 0 Å². The lowest BCUT2D eigenvalue weighted by atomic mass is 10.2. The first kappa shape index (κ1) is 16.3. The number of hydrogen-bond donors (Lipinski definition) is 1. The quantitative estimate of drug-likeness (QED) is 0.549. The number of benzene rings is 2. The van der Waals surface area contributed by atoms with Crippen molar-refractivity contribution in [3.05, 3.63) is 76.6 Å². The third-order valence-electron chi connectivity index (χ3n) is 3.48. The molecule has 1 heterocycles. The summed E-state index contributed by atoms with van der Waals surface area (Å²) in [4.78, 5) is 25.3. The Morgan fingerprint density at radius 3 is 2.62 bits per heavy atom. The Labute approximate surface area is 143 Å². The molecule has 122 valence electrons. The minimum Gasteiger partial charge on any atom is -0.451 e. The van der Waals surface area contributed by atoms with Crippen molar-refractivity contribution in [3.8, 4) is 0 Å². The Hall–Kier alpha value is -2.53. The molecule has 0 fully saturated rings. The third-order valence-corrected chi connectivity index (χ3v) is 4.58. The molecule has 1 amide bonds. The van der Waals surface area contributed by atoms with E-state index in [2.05, 4.69) is 17.4 Å². The Balaban J connectivity index is 1.53. The minimum absolute atomic E-state index is 0.0504. The SMILES string of the molecule is O=C(NCCCSc1ccccc1)c1cc(=O)c2ccccc2o1. The molecule has 0 aliphatic rings. The first-order chi connectivity index (χ1) is 11.7. The second kappa shape index (κ2) is 7.84. The van der Waals surface area contributed by atoms with E-state index in [1.54, 1.807) is 36.0 Å². The third kappa shape index (κ3) is 4.06. The molecule has 0 spiro atoms. The lowest BCUT2D eigenvalue weighted by Gasteiger charge is -2.05. The zero-order valence-electron chi connectivity index (χ0n) is 13.0. The number of rotatable bonds is 6. The molecule has 3 rings (SSSR count). The van der Waals surface area contributed by atoms with Crippen LogP contribution in [0.25, 0.3) is 11.0 Å². The fourth-order valence-corrected chi connectivity index (χ4v) is 3.16. The van der Waals surface area contributed by atoms with Crippen LogP contribution < -0.4 is 10.7 Å². The number of para-hydroxylation sites is 1. The van der Waals surface area contributed by atoms with E-state index in [9.17, 15) is 9.59 Å². The van der Waals surface area contributed by atoms with Crippen LogP contribution in [0, 0.1) is 0 Å². The van der Waals surface area contributed by atoms with Gasteiger partial charge in [-0.25, -0.2) is 0 Å². The summed E-state index contributed by atoms with van der Waals surface area (Å²) in [5.74, 6) is 0.600. The number of thioether (sulfide) groups is 1. The molecule has 2 aromatic carbocycles. The van der Waals surface area contributed by atoms with Gasteiger partial charge in [0.05, 0.1) is 5.39 Å². The van der Waals surface area contributed by atoms with Gasteiger partial charge in [0.1, 0.15) is 5.58 Å². The Kier molecular flexibility index (Phi) is 5.33. The van der Waals surface area contributed by atoms with E-state index in [1.807, 2.05) is 18.2 Å². The molecule has 0 saturated carbocycles. The first-order valence-corrected chi connectivity index (χ1v) is 8.71. The highest BCUT2D eigenvalue weighted by Gasteiger charge is 2.11. The fourth-order valence-electron chi connectivity index (χ4n) is 2.28. The molecule has 1 N–H and O–H groups in total. The largest absolute Gasteiger partial charge is 0.451 e. The molecule has 0 aliphatic heterocycles. The lowest BCUT2D eigenvalue weighted by Crippen LogP contribution is -2.25. The van der Waals surface area contributed by atoms with Gasteiger partial charge in [-0.1, -0.05) is 30.3 Å². The maximum absolute atomic E-state index is 12.1. The molecule has 0 unspecified atom stereocenters. The summed E-state index contributed by atoms with van der Waals surface area (Å²) in [6.07, 6.45) is 0.836. The molecule has 0 saturated heterocycles. The van der Waals surface area contributed by atoms with Gasteiger partial charge in [0.15, 0.2) is 11.2 Å². The predicted octanol–water partition coefficient (Wildman–Crippen LogP) is 3.71. The van der Waals surface area contributed by atoms with Crippen molar-refractivity contribution in [1.29, 1.82) is 0 Å². The number of hydrogen-bond acceptors (Lipinski definition) is 4. The normalized spacial score (nSPS) is 10.7. The number of carbonyl (C=O) groups is 1. The van der Waals surface area contributed by atoms with Crippen LogP contribution in [0.15, 0.2) is 74.8 Å². The van der Waals surface area contributed by atoms with E-state index < -0.39 is 0 Å². The number of fused-ring (bicyclic) bond motifs is 1.